The minimum Gasteiger partial charge on any atom is -0.324 e. The number of nitrogens with zero attached hydrogens (tertiary/aromatic N) is 2. The zero-order chi connectivity index (χ0) is 22.1. The number of benzene rings is 2. The maximum absolute atomic E-state index is 13.2. The molecule has 0 fully saturated rings. The van der Waals surface area contributed by atoms with Crippen LogP contribution in [0.3, 0.4) is 0 Å². The number of hydrogen-bond acceptors (Lipinski definition) is 3. The highest BCUT2D eigenvalue weighted by molar-refractivity contribution is 5.94. The molecular formula is C22H20F3N3O2. The van der Waals surface area contributed by atoms with Crippen molar-refractivity contribution in [2.75, 3.05) is 5.32 Å². The van der Waals surface area contributed by atoms with E-state index in [1.165, 1.54) is 25.1 Å². The van der Waals surface area contributed by atoms with Crippen LogP contribution >= 0.6 is 0 Å². The first-order valence-corrected chi connectivity index (χ1v) is 9.22. The zero-order valence-corrected chi connectivity index (χ0v) is 16.6. The van der Waals surface area contributed by atoms with E-state index < -0.39 is 29.2 Å². The second-order valence-corrected chi connectivity index (χ2v) is 7.01. The fraction of sp³-hybridized carbons (Fsp3) is 0.227. The van der Waals surface area contributed by atoms with Crippen molar-refractivity contribution >= 4 is 11.6 Å². The van der Waals surface area contributed by atoms with Gasteiger partial charge in [-0.15, -0.1) is 0 Å². The van der Waals surface area contributed by atoms with Gasteiger partial charge < -0.3 is 5.32 Å². The van der Waals surface area contributed by atoms with Gasteiger partial charge in [-0.05, 0) is 56.2 Å². The standard InChI is InChI=1S/C22H20F3N3O2/c1-13-8-9-16(12-14(13)2)18-10-11-20(29)28(27-18)15(3)21(30)26-19-7-5-4-6-17(19)22(23,24)25/h4-12,15H,1-3H3,(H,26,30). The number of anilines is 1. The Kier molecular flexibility index (Phi) is 5.78. The van der Waals surface area contributed by atoms with Gasteiger partial charge in [-0.1, -0.05) is 24.3 Å². The Balaban J connectivity index is 1.92. The molecule has 3 aromatic rings. The zero-order valence-electron chi connectivity index (χ0n) is 16.6. The maximum Gasteiger partial charge on any atom is 0.418 e. The number of hydrogen-bond donors (Lipinski definition) is 1. The van der Waals surface area contributed by atoms with Crippen molar-refractivity contribution < 1.29 is 18.0 Å². The summed E-state index contributed by atoms with van der Waals surface area (Å²) in [6.45, 7) is 5.33. The minimum absolute atomic E-state index is 0.375. The summed E-state index contributed by atoms with van der Waals surface area (Å²) in [5.74, 6) is -0.779. The molecule has 30 heavy (non-hydrogen) atoms. The van der Waals surface area contributed by atoms with Crippen molar-refractivity contribution in [3.05, 3.63) is 81.6 Å². The van der Waals surface area contributed by atoms with E-state index in [0.717, 1.165) is 33.5 Å². The molecule has 0 saturated heterocycles. The van der Waals surface area contributed by atoms with Crippen LogP contribution in [0, 0.1) is 13.8 Å². The maximum atomic E-state index is 13.2. The number of carbonyl (C=O) groups excluding carboxylic acids is 1. The Morgan fingerprint density at radius 3 is 2.40 bits per heavy atom. The third-order valence-corrected chi connectivity index (χ3v) is 4.86. The van der Waals surface area contributed by atoms with Crippen molar-refractivity contribution in [3.8, 4) is 11.3 Å². The Morgan fingerprint density at radius 1 is 1.03 bits per heavy atom. The number of aryl methyl sites for hydroxylation is 2. The fourth-order valence-electron chi connectivity index (χ4n) is 2.94. The lowest BCUT2D eigenvalue weighted by Crippen LogP contribution is -2.33. The minimum atomic E-state index is -4.62. The van der Waals surface area contributed by atoms with Gasteiger partial charge in [0.25, 0.3) is 5.56 Å². The van der Waals surface area contributed by atoms with Crippen molar-refractivity contribution in [2.45, 2.75) is 33.0 Å². The third-order valence-electron chi connectivity index (χ3n) is 4.86. The summed E-state index contributed by atoms with van der Waals surface area (Å²) in [6.07, 6.45) is -4.62. The largest absolute Gasteiger partial charge is 0.418 e. The number of rotatable bonds is 4. The Labute approximate surface area is 171 Å². The van der Waals surface area contributed by atoms with Gasteiger partial charge in [0.1, 0.15) is 6.04 Å². The molecule has 5 nitrogen and oxygen atoms in total. The number of halogens is 3. The lowest BCUT2D eigenvalue weighted by atomic mass is 10.0. The average Bonchev–Trinajstić information content (AvgIpc) is 2.69. The van der Waals surface area contributed by atoms with Crippen molar-refractivity contribution in [2.24, 2.45) is 0 Å². The molecule has 0 radical (unpaired) electrons. The van der Waals surface area contributed by atoms with Crippen LogP contribution in [-0.4, -0.2) is 15.7 Å². The molecule has 3 rings (SSSR count). The highest BCUT2D eigenvalue weighted by Crippen LogP contribution is 2.34. The van der Waals surface area contributed by atoms with Crippen LogP contribution in [0.2, 0.25) is 0 Å². The summed E-state index contributed by atoms with van der Waals surface area (Å²) in [4.78, 5) is 24.9. The molecule has 8 heteroatoms. The molecular weight excluding hydrogens is 395 g/mol. The van der Waals surface area contributed by atoms with Gasteiger partial charge in [0.15, 0.2) is 0 Å². The van der Waals surface area contributed by atoms with E-state index in [2.05, 4.69) is 10.4 Å². The molecule has 156 valence electrons. The van der Waals surface area contributed by atoms with Crippen LogP contribution in [-0.2, 0) is 11.0 Å². The van der Waals surface area contributed by atoms with E-state index in [0.29, 0.717) is 5.69 Å². The molecule has 0 aliphatic heterocycles. The van der Waals surface area contributed by atoms with Gasteiger partial charge in [0, 0.05) is 11.6 Å². The molecule has 0 spiro atoms. The van der Waals surface area contributed by atoms with Gasteiger partial charge in [0.2, 0.25) is 5.91 Å². The van der Waals surface area contributed by atoms with E-state index in [1.54, 1.807) is 6.07 Å². The first-order chi connectivity index (χ1) is 14.1. The van der Waals surface area contributed by atoms with Crippen LogP contribution in [0.1, 0.15) is 29.7 Å². The van der Waals surface area contributed by atoms with E-state index in [1.807, 2.05) is 32.0 Å². The summed E-state index contributed by atoms with van der Waals surface area (Å²) in [6, 6.07) is 12.1. The summed E-state index contributed by atoms with van der Waals surface area (Å²) in [5, 5.41) is 6.53. The molecule has 0 bridgehead atoms. The Morgan fingerprint density at radius 2 is 1.73 bits per heavy atom. The van der Waals surface area contributed by atoms with Crippen molar-refractivity contribution in [1.29, 1.82) is 0 Å². The first kappa shape index (κ1) is 21.3. The first-order valence-electron chi connectivity index (χ1n) is 9.22. The van der Waals surface area contributed by atoms with E-state index >= 15 is 0 Å². The molecule has 1 N–H and O–H groups in total. The van der Waals surface area contributed by atoms with E-state index in [4.69, 9.17) is 0 Å². The predicted octanol–water partition coefficient (Wildman–Crippen LogP) is 4.75. The quantitative estimate of drug-likeness (QED) is 0.669. The number of aromatic nitrogens is 2. The van der Waals surface area contributed by atoms with E-state index in [-0.39, 0.29) is 5.69 Å². The summed E-state index contributed by atoms with van der Waals surface area (Å²) >= 11 is 0. The predicted molar refractivity (Wildman–Crippen MR) is 108 cm³/mol. The number of alkyl halides is 3. The highest BCUT2D eigenvalue weighted by Gasteiger charge is 2.34. The van der Waals surface area contributed by atoms with Crippen LogP contribution in [0.15, 0.2) is 59.4 Å². The highest BCUT2D eigenvalue weighted by atomic mass is 19.4. The third kappa shape index (κ3) is 4.42. The molecule has 0 saturated carbocycles. The molecule has 2 aromatic carbocycles. The van der Waals surface area contributed by atoms with Gasteiger partial charge in [-0.2, -0.15) is 18.3 Å². The number of amides is 1. The monoisotopic (exact) mass is 415 g/mol. The molecule has 0 aliphatic carbocycles. The number of carbonyl (C=O) groups is 1. The van der Waals surface area contributed by atoms with Crippen LogP contribution < -0.4 is 10.9 Å². The SMILES string of the molecule is Cc1ccc(-c2ccc(=O)n(C(C)C(=O)Nc3ccccc3C(F)(F)F)n2)cc1C. The van der Waals surface area contributed by atoms with E-state index in [9.17, 15) is 22.8 Å². The summed E-state index contributed by atoms with van der Waals surface area (Å²) in [7, 11) is 0. The van der Waals surface area contributed by atoms with Gasteiger partial charge in [-0.25, -0.2) is 4.68 Å². The van der Waals surface area contributed by atoms with Crippen molar-refractivity contribution in [1.82, 2.24) is 9.78 Å². The molecule has 1 aromatic heterocycles. The van der Waals surface area contributed by atoms with Crippen LogP contribution in [0.5, 0.6) is 0 Å². The molecule has 1 heterocycles. The van der Waals surface area contributed by atoms with Gasteiger partial charge in [0.05, 0.1) is 16.9 Å². The topological polar surface area (TPSA) is 64.0 Å². The van der Waals surface area contributed by atoms with Crippen molar-refractivity contribution in [3.63, 3.8) is 0 Å². The van der Waals surface area contributed by atoms with Crippen LogP contribution in [0.4, 0.5) is 18.9 Å². The van der Waals surface area contributed by atoms with Gasteiger partial charge >= 0.3 is 6.18 Å². The lowest BCUT2D eigenvalue weighted by molar-refractivity contribution is -0.137. The second kappa shape index (κ2) is 8.14. The Hall–Kier alpha value is -3.42. The van der Waals surface area contributed by atoms with Crippen LogP contribution in [0.25, 0.3) is 11.3 Å². The number of para-hydroxylation sites is 1. The fourth-order valence-corrected chi connectivity index (χ4v) is 2.94. The second-order valence-electron chi connectivity index (χ2n) is 7.01. The number of nitrogens with one attached hydrogen (secondary N) is 1. The normalized spacial score (nSPS) is 12.5. The van der Waals surface area contributed by atoms with Gasteiger partial charge in [-0.3, -0.25) is 9.59 Å². The summed E-state index contributed by atoms with van der Waals surface area (Å²) in [5.41, 5.74) is 1.52. The molecule has 1 atom stereocenters. The Bertz CT molecular complexity index is 1150. The summed E-state index contributed by atoms with van der Waals surface area (Å²) < 4.78 is 40.5. The lowest BCUT2D eigenvalue weighted by Gasteiger charge is -2.17. The molecule has 0 aliphatic rings. The smallest absolute Gasteiger partial charge is 0.324 e. The molecule has 1 amide bonds. The average molecular weight is 415 g/mol. The molecule has 1 unspecified atom stereocenters.